The molecule has 0 aromatic heterocycles. The summed E-state index contributed by atoms with van der Waals surface area (Å²) in [7, 11) is 0. The van der Waals surface area contributed by atoms with Crippen LogP contribution in [0, 0.1) is 25.2 Å². The normalized spacial score (nSPS) is 22.6. The summed E-state index contributed by atoms with van der Waals surface area (Å²) in [6, 6.07) is 6.10. The zero-order chi connectivity index (χ0) is 15.9. The zero-order valence-corrected chi connectivity index (χ0v) is 13.3. The second kappa shape index (κ2) is 5.41. The highest BCUT2D eigenvalue weighted by Gasteiger charge is 2.59. The van der Waals surface area contributed by atoms with Gasteiger partial charge in [0.25, 0.3) is 0 Å². The Kier molecular flexibility index (Phi) is 3.71. The van der Waals surface area contributed by atoms with Gasteiger partial charge in [-0.15, -0.1) is 0 Å². The Bertz CT molecular complexity index is 595. The lowest BCUT2D eigenvalue weighted by Crippen LogP contribution is -2.40. The number of likely N-dealkylation sites (tertiary alicyclic amines) is 1. The Morgan fingerprint density at radius 1 is 1.23 bits per heavy atom. The molecule has 1 aliphatic heterocycles. The minimum Gasteiger partial charge on any atom is -0.481 e. The predicted octanol–water partition coefficient (Wildman–Crippen LogP) is 2.56. The lowest BCUT2D eigenvalue weighted by Gasteiger charge is -2.33. The molecule has 1 spiro atoms. The molecule has 22 heavy (non-hydrogen) atoms. The van der Waals surface area contributed by atoms with E-state index in [9.17, 15) is 9.59 Å². The van der Waals surface area contributed by atoms with E-state index in [0.717, 1.165) is 36.0 Å². The lowest BCUT2D eigenvalue weighted by atomic mass is 9.90. The Morgan fingerprint density at radius 3 is 2.32 bits per heavy atom. The van der Waals surface area contributed by atoms with E-state index in [4.69, 9.17) is 5.11 Å². The molecule has 1 atom stereocenters. The second-order valence-corrected chi connectivity index (χ2v) is 6.89. The molecule has 4 heteroatoms. The monoisotopic (exact) mass is 301 g/mol. The molecule has 1 saturated carbocycles. The van der Waals surface area contributed by atoms with Gasteiger partial charge in [0.2, 0.25) is 5.91 Å². The van der Waals surface area contributed by atoms with Crippen molar-refractivity contribution >= 4 is 11.9 Å². The molecule has 0 radical (unpaired) electrons. The van der Waals surface area contributed by atoms with Crippen molar-refractivity contribution in [3.05, 3.63) is 34.9 Å². The lowest BCUT2D eigenvalue weighted by molar-refractivity contribution is -0.139. The maximum Gasteiger partial charge on any atom is 0.307 e. The first kappa shape index (κ1) is 15.1. The topological polar surface area (TPSA) is 57.6 Å². The molecule has 1 unspecified atom stereocenters. The number of aliphatic carboxylic acids is 1. The number of carbonyl (C=O) groups excluding carboxylic acids is 1. The van der Waals surface area contributed by atoms with Crippen molar-refractivity contribution in [2.45, 2.75) is 39.5 Å². The zero-order valence-electron chi connectivity index (χ0n) is 13.3. The maximum atomic E-state index is 12.5. The van der Waals surface area contributed by atoms with Crippen LogP contribution in [0.15, 0.2) is 18.2 Å². The number of carboxylic acids is 1. The minimum atomic E-state index is -0.671. The van der Waals surface area contributed by atoms with Gasteiger partial charge in [-0.25, -0.2) is 0 Å². The number of amides is 1. The minimum absolute atomic E-state index is 0.0127. The molecule has 2 aliphatic rings. The van der Waals surface area contributed by atoms with Crippen LogP contribution in [-0.2, 0) is 16.0 Å². The van der Waals surface area contributed by atoms with Crippen molar-refractivity contribution in [3.63, 3.8) is 0 Å². The van der Waals surface area contributed by atoms with Gasteiger partial charge in [-0.1, -0.05) is 18.2 Å². The van der Waals surface area contributed by atoms with Gasteiger partial charge in [0.05, 0.1) is 12.3 Å². The van der Waals surface area contributed by atoms with Crippen LogP contribution in [0.2, 0.25) is 0 Å². The third kappa shape index (κ3) is 2.62. The summed E-state index contributed by atoms with van der Waals surface area (Å²) in [5, 5.41) is 9.12. The van der Waals surface area contributed by atoms with Crippen LogP contribution in [0.5, 0.6) is 0 Å². The molecule has 0 bridgehead atoms. The van der Waals surface area contributed by atoms with Crippen LogP contribution in [0.4, 0.5) is 0 Å². The smallest absolute Gasteiger partial charge is 0.307 e. The Morgan fingerprint density at radius 2 is 1.82 bits per heavy atom. The summed E-state index contributed by atoms with van der Waals surface area (Å²) >= 11 is 0. The molecule has 4 nitrogen and oxygen atoms in total. The average molecular weight is 301 g/mol. The van der Waals surface area contributed by atoms with Crippen molar-refractivity contribution < 1.29 is 14.7 Å². The van der Waals surface area contributed by atoms with Gasteiger partial charge in [-0.2, -0.15) is 0 Å². The number of carbonyl (C=O) groups is 2. The van der Waals surface area contributed by atoms with Gasteiger partial charge >= 0.3 is 5.97 Å². The molecular formula is C18H23NO3. The number of carboxylic acid groups (broad SMARTS) is 1. The first-order chi connectivity index (χ1) is 10.4. The number of rotatable bonds is 3. The number of hydrogen-bond acceptors (Lipinski definition) is 2. The van der Waals surface area contributed by atoms with Gasteiger partial charge in [0, 0.05) is 13.1 Å². The molecule has 1 amide bonds. The van der Waals surface area contributed by atoms with Crippen molar-refractivity contribution in [1.29, 1.82) is 0 Å². The van der Waals surface area contributed by atoms with Crippen LogP contribution >= 0.6 is 0 Å². The largest absolute Gasteiger partial charge is 0.481 e. The summed E-state index contributed by atoms with van der Waals surface area (Å²) in [4.78, 5) is 25.5. The molecule has 1 heterocycles. The van der Waals surface area contributed by atoms with Crippen LogP contribution in [-0.4, -0.2) is 35.0 Å². The van der Waals surface area contributed by atoms with Crippen LogP contribution in [0.3, 0.4) is 0 Å². The highest BCUT2D eigenvalue weighted by Crippen LogP contribution is 2.59. The third-order valence-corrected chi connectivity index (χ3v) is 5.57. The molecule has 1 aliphatic carbocycles. The summed E-state index contributed by atoms with van der Waals surface area (Å²) in [5.41, 5.74) is 3.44. The number of hydrogen-bond donors (Lipinski definition) is 1. The number of nitrogens with zero attached hydrogens (tertiary/aromatic N) is 1. The van der Waals surface area contributed by atoms with E-state index in [-0.39, 0.29) is 17.2 Å². The third-order valence-electron chi connectivity index (χ3n) is 5.57. The molecule has 1 saturated heterocycles. The fraction of sp³-hybridized carbons (Fsp3) is 0.556. The van der Waals surface area contributed by atoms with Gasteiger partial charge in [0.15, 0.2) is 0 Å². The van der Waals surface area contributed by atoms with Crippen LogP contribution in [0.1, 0.15) is 36.0 Å². The van der Waals surface area contributed by atoms with E-state index >= 15 is 0 Å². The Hall–Kier alpha value is -1.84. The molecule has 3 rings (SSSR count). The van der Waals surface area contributed by atoms with Crippen molar-refractivity contribution in [2.24, 2.45) is 11.3 Å². The van der Waals surface area contributed by atoms with Crippen molar-refractivity contribution in [1.82, 2.24) is 4.90 Å². The molecule has 2 fully saturated rings. The van der Waals surface area contributed by atoms with E-state index in [1.165, 1.54) is 0 Å². The fourth-order valence-electron chi connectivity index (χ4n) is 3.84. The van der Waals surface area contributed by atoms with Crippen LogP contribution < -0.4 is 0 Å². The van der Waals surface area contributed by atoms with Gasteiger partial charge in [-0.05, 0) is 55.2 Å². The molecular weight excluding hydrogens is 278 g/mol. The van der Waals surface area contributed by atoms with Gasteiger partial charge in [-0.3, -0.25) is 9.59 Å². The fourth-order valence-corrected chi connectivity index (χ4v) is 3.84. The maximum absolute atomic E-state index is 12.5. The molecule has 118 valence electrons. The van der Waals surface area contributed by atoms with E-state index in [1.54, 1.807) is 0 Å². The second-order valence-electron chi connectivity index (χ2n) is 6.89. The summed E-state index contributed by atoms with van der Waals surface area (Å²) < 4.78 is 0. The van der Waals surface area contributed by atoms with Gasteiger partial charge < -0.3 is 10.0 Å². The summed E-state index contributed by atoms with van der Waals surface area (Å²) in [6.07, 6.45) is 2.92. The van der Waals surface area contributed by atoms with Crippen molar-refractivity contribution in [2.75, 3.05) is 13.1 Å². The highest BCUT2D eigenvalue weighted by atomic mass is 16.4. The SMILES string of the molecule is Cc1cccc(C)c1CC(=O)N1CCC2(CC1)CC2C(=O)O. The van der Waals surface area contributed by atoms with E-state index in [1.807, 2.05) is 36.9 Å². The summed E-state index contributed by atoms with van der Waals surface area (Å²) in [6.45, 7) is 5.49. The predicted molar refractivity (Wildman–Crippen MR) is 83.6 cm³/mol. The quantitative estimate of drug-likeness (QED) is 0.933. The highest BCUT2D eigenvalue weighted by molar-refractivity contribution is 5.80. The van der Waals surface area contributed by atoms with Gasteiger partial charge in [0.1, 0.15) is 0 Å². The molecule has 1 N–H and O–H groups in total. The first-order valence-corrected chi connectivity index (χ1v) is 7.99. The van der Waals surface area contributed by atoms with E-state index in [0.29, 0.717) is 19.5 Å². The summed E-state index contributed by atoms with van der Waals surface area (Å²) in [5.74, 6) is -0.682. The number of benzene rings is 1. The standard InChI is InChI=1S/C18H23NO3/c1-12-4-3-5-13(2)14(12)10-16(20)19-8-6-18(7-9-19)11-15(18)17(21)22/h3-5,15H,6-11H2,1-2H3,(H,21,22). The Balaban J connectivity index is 1.60. The Labute approximate surface area is 131 Å². The van der Waals surface area contributed by atoms with Crippen molar-refractivity contribution in [3.8, 4) is 0 Å². The molecule has 1 aromatic carbocycles. The number of aryl methyl sites for hydroxylation is 2. The van der Waals surface area contributed by atoms with E-state index < -0.39 is 5.97 Å². The van der Waals surface area contributed by atoms with E-state index in [2.05, 4.69) is 0 Å². The number of piperidine rings is 1. The van der Waals surface area contributed by atoms with Crippen LogP contribution in [0.25, 0.3) is 0 Å². The average Bonchev–Trinajstić information content (AvgIpc) is 3.18. The first-order valence-electron chi connectivity index (χ1n) is 7.99. The molecule has 1 aromatic rings.